The van der Waals surface area contributed by atoms with Gasteiger partial charge in [0.05, 0.1) is 59.8 Å². The predicted octanol–water partition coefficient (Wildman–Crippen LogP) is 7.44. The first kappa shape index (κ1) is 46.6. The molecule has 0 aliphatic carbocycles. The van der Waals surface area contributed by atoms with E-state index in [1.807, 2.05) is 41.5 Å². The number of rotatable bonds is 15. The number of ether oxygens (including phenoxy) is 5. The van der Waals surface area contributed by atoms with Crippen LogP contribution in [0.15, 0.2) is 12.2 Å². The fourth-order valence-corrected chi connectivity index (χ4v) is 11.1. The predicted molar refractivity (Wildman–Crippen MR) is 219 cm³/mol. The van der Waals surface area contributed by atoms with E-state index in [0.717, 1.165) is 25.8 Å². The molecule has 0 bridgehead atoms. The number of aliphatic hydroxyl groups is 2. The third-order valence-electron chi connectivity index (χ3n) is 15.2. The van der Waals surface area contributed by atoms with Crippen LogP contribution in [-0.4, -0.2) is 99.1 Å². The number of ketones is 1. The van der Waals surface area contributed by atoms with Gasteiger partial charge in [0, 0.05) is 30.1 Å². The lowest BCUT2D eigenvalue weighted by atomic mass is 9.72. The normalized spacial score (nSPS) is 43.9. The van der Waals surface area contributed by atoms with Crippen molar-refractivity contribution in [3.05, 3.63) is 12.2 Å². The molecule has 11 nitrogen and oxygen atoms in total. The number of hydrogen-bond donors (Lipinski definition) is 4. The Bertz CT molecular complexity index is 1410. The van der Waals surface area contributed by atoms with Gasteiger partial charge in [-0.1, -0.05) is 75.3 Å². The van der Waals surface area contributed by atoms with Crippen LogP contribution in [0.4, 0.5) is 0 Å². The summed E-state index contributed by atoms with van der Waals surface area (Å²) in [5.74, 6) is -4.66. The highest BCUT2D eigenvalue weighted by Crippen LogP contribution is 2.54. The lowest BCUT2D eigenvalue weighted by Gasteiger charge is -2.55. The molecule has 4 saturated heterocycles. The number of nitrogens with one attached hydrogen (secondary N) is 1. The van der Waals surface area contributed by atoms with Crippen molar-refractivity contribution in [2.24, 2.45) is 47.3 Å². The second-order valence-electron chi connectivity index (χ2n) is 19.8. The molecule has 5 aliphatic heterocycles. The van der Waals surface area contributed by atoms with Gasteiger partial charge in [-0.3, -0.25) is 9.59 Å². The summed E-state index contributed by atoms with van der Waals surface area (Å²) in [6, 6.07) is -0.234. The van der Waals surface area contributed by atoms with Crippen molar-refractivity contribution in [2.45, 2.75) is 213 Å². The maximum atomic E-state index is 14.6. The standard InChI is InChI=1S/C46H79NO10/c1-13-33(42(50)51)35-17-16-27(6)40(54-35)31(10)38(48)30(9)39(49)34(14-2)41-28(7)24-29(8)45(55-41)21-18-36(47-25-26(4)5)46(57-45)23-22-43(12,56-46)37-19-20-44(52,15-3)32(11)53-37/h18,21,26-38,40-41,47-48,52H,13-17,19-20,22-25H2,1-12H3,(H,50,51)/t27-,28-,29+,30-,31-,32-,33+,34-,35+,36-,37+,38+,40+,41-,43-,44+,45-,46-/m0/s1. The molecule has 5 rings (SSSR count). The topological polar surface area (TPSA) is 153 Å². The number of aliphatic hydroxyl groups excluding tert-OH is 1. The zero-order valence-electron chi connectivity index (χ0n) is 37.3. The van der Waals surface area contributed by atoms with E-state index in [1.165, 1.54) is 0 Å². The first-order valence-corrected chi connectivity index (χ1v) is 22.7. The summed E-state index contributed by atoms with van der Waals surface area (Å²) in [5, 5.41) is 36.6. The van der Waals surface area contributed by atoms with Crippen LogP contribution in [0.3, 0.4) is 0 Å². The zero-order chi connectivity index (χ0) is 42.2. The lowest BCUT2D eigenvalue weighted by molar-refractivity contribution is -0.398. The molecule has 2 spiro atoms. The number of carboxylic acid groups (broad SMARTS) is 1. The van der Waals surface area contributed by atoms with Crippen LogP contribution in [0.2, 0.25) is 0 Å². The fraction of sp³-hybridized carbons (Fsp3) is 0.913. The summed E-state index contributed by atoms with van der Waals surface area (Å²) in [7, 11) is 0. The molecule has 4 fully saturated rings. The summed E-state index contributed by atoms with van der Waals surface area (Å²) in [6.07, 6.45) is 8.08. The maximum Gasteiger partial charge on any atom is 0.309 e. The van der Waals surface area contributed by atoms with E-state index in [2.05, 4.69) is 59.0 Å². The number of aliphatic carboxylic acids is 1. The van der Waals surface area contributed by atoms with Crippen molar-refractivity contribution in [3.63, 3.8) is 0 Å². The van der Waals surface area contributed by atoms with Gasteiger partial charge in [-0.05, 0) is 102 Å². The monoisotopic (exact) mass is 806 g/mol. The Morgan fingerprint density at radius 3 is 2.16 bits per heavy atom. The van der Waals surface area contributed by atoms with Gasteiger partial charge in [0.25, 0.3) is 0 Å². The molecule has 328 valence electrons. The van der Waals surface area contributed by atoms with Crippen molar-refractivity contribution < 1.29 is 48.6 Å². The molecule has 5 aliphatic rings. The Labute approximate surface area is 343 Å². The van der Waals surface area contributed by atoms with E-state index < -0.39 is 64.8 Å². The Balaban J connectivity index is 1.36. The number of hydrogen-bond acceptors (Lipinski definition) is 10. The minimum atomic E-state index is -1.13. The molecule has 0 aromatic rings. The van der Waals surface area contributed by atoms with Crippen molar-refractivity contribution in [2.75, 3.05) is 6.54 Å². The van der Waals surface area contributed by atoms with E-state index >= 15 is 0 Å². The van der Waals surface area contributed by atoms with Crippen molar-refractivity contribution >= 4 is 11.8 Å². The van der Waals surface area contributed by atoms with Gasteiger partial charge in [-0.15, -0.1) is 0 Å². The summed E-state index contributed by atoms with van der Waals surface area (Å²) >= 11 is 0. The van der Waals surface area contributed by atoms with E-state index in [0.29, 0.717) is 50.9 Å². The molecule has 0 amide bonds. The third kappa shape index (κ3) is 9.26. The Morgan fingerprint density at radius 2 is 1.56 bits per heavy atom. The molecular formula is C46H79NO10. The van der Waals surface area contributed by atoms with Crippen molar-refractivity contribution in [3.8, 4) is 0 Å². The molecule has 11 heteroatoms. The van der Waals surface area contributed by atoms with Crippen molar-refractivity contribution in [1.82, 2.24) is 5.32 Å². The zero-order valence-corrected chi connectivity index (χ0v) is 37.3. The molecule has 0 aromatic carbocycles. The molecule has 0 saturated carbocycles. The number of carbonyl (C=O) groups excluding carboxylic acids is 1. The van der Waals surface area contributed by atoms with Crippen LogP contribution >= 0.6 is 0 Å². The van der Waals surface area contributed by atoms with E-state index in [9.17, 15) is 24.9 Å². The maximum absolute atomic E-state index is 14.6. The van der Waals surface area contributed by atoms with Crippen LogP contribution in [0, 0.1) is 47.3 Å². The summed E-state index contributed by atoms with van der Waals surface area (Å²) in [5.41, 5.74) is -1.49. The molecule has 4 N–H and O–H groups in total. The average Bonchev–Trinajstić information content (AvgIpc) is 3.51. The first-order valence-electron chi connectivity index (χ1n) is 22.7. The highest BCUT2D eigenvalue weighted by atomic mass is 16.8. The van der Waals surface area contributed by atoms with E-state index in [-0.39, 0.29) is 53.8 Å². The third-order valence-corrected chi connectivity index (χ3v) is 15.2. The van der Waals surface area contributed by atoms with E-state index in [4.69, 9.17) is 23.7 Å². The highest BCUT2D eigenvalue weighted by Gasteiger charge is 2.63. The van der Waals surface area contributed by atoms with Crippen LogP contribution in [0.5, 0.6) is 0 Å². The van der Waals surface area contributed by atoms with Gasteiger partial charge in [0.1, 0.15) is 5.78 Å². The van der Waals surface area contributed by atoms with Crippen LogP contribution in [0.1, 0.15) is 147 Å². The fourth-order valence-electron chi connectivity index (χ4n) is 11.1. The molecule has 18 atom stereocenters. The number of carboxylic acids is 1. The molecule has 57 heavy (non-hydrogen) atoms. The molecule has 5 heterocycles. The van der Waals surface area contributed by atoms with Crippen LogP contribution in [-0.2, 0) is 33.3 Å². The van der Waals surface area contributed by atoms with E-state index in [1.54, 1.807) is 0 Å². The Hall–Kier alpha value is -1.44. The summed E-state index contributed by atoms with van der Waals surface area (Å²) < 4.78 is 34.7. The van der Waals surface area contributed by atoms with Crippen LogP contribution < -0.4 is 5.32 Å². The molecule has 0 radical (unpaired) electrons. The number of carbonyl (C=O) groups is 2. The first-order chi connectivity index (χ1) is 26.7. The van der Waals surface area contributed by atoms with Gasteiger partial charge in [0.15, 0.2) is 11.6 Å². The largest absolute Gasteiger partial charge is 0.481 e. The second-order valence-corrected chi connectivity index (χ2v) is 19.8. The Kier molecular flexibility index (Phi) is 14.9. The molecule has 0 aromatic heterocycles. The smallest absolute Gasteiger partial charge is 0.309 e. The Morgan fingerprint density at radius 1 is 0.877 bits per heavy atom. The van der Waals surface area contributed by atoms with Crippen molar-refractivity contribution in [1.29, 1.82) is 0 Å². The highest BCUT2D eigenvalue weighted by molar-refractivity contribution is 5.84. The van der Waals surface area contributed by atoms with Crippen LogP contribution in [0.25, 0.3) is 0 Å². The molecular weight excluding hydrogens is 727 g/mol. The van der Waals surface area contributed by atoms with Gasteiger partial charge in [-0.2, -0.15) is 0 Å². The lowest BCUT2D eigenvalue weighted by Crippen LogP contribution is -2.65. The number of Topliss-reactive ketones (excluding diaryl/α,β-unsaturated/α-hetero) is 1. The summed E-state index contributed by atoms with van der Waals surface area (Å²) in [4.78, 5) is 26.6. The average molecular weight is 806 g/mol. The molecule has 0 unspecified atom stereocenters. The van der Waals surface area contributed by atoms with Gasteiger partial charge < -0.3 is 44.3 Å². The van der Waals surface area contributed by atoms with Gasteiger partial charge in [-0.25, -0.2) is 0 Å². The second kappa shape index (κ2) is 18.3. The summed E-state index contributed by atoms with van der Waals surface area (Å²) in [6.45, 7) is 25.2. The minimum Gasteiger partial charge on any atom is -0.481 e. The van der Waals surface area contributed by atoms with Gasteiger partial charge in [0.2, 0.25) is 0 Å². The SMILES string of the molecule is CC[C@@H](C(=O)[C@@H](C)[C@@H](O)[C@H](C)[C@@H]1O[C@@H]([C@@H](CC)C(=O)O)CC[C@@H]1C)[C@H]1O[C@]2(C=C[C@H](NCC(C)C)[C@]3(CC[C@@](C)([C@H]4CC[C@](O)(CC)[C@H](C)O4)O3)O2)[C@H](C)C[C@@H]1C. The van der Waals surface area contributed by atoms with Gasteiger partial charge >= 0.3 is 5.97 Å². The quantitative estimate of drug-likeness (QED) is 0.122. The minimum absolute atomic E-state index is 0.0323.